The zero-order chi connectivity index (χ0) is 20.2. The summed E-state index contributed by atoms with van der Waals surface area (Å²) in [6.07, 6.45) is 4.09. The number of hydrogen-bond acceptors (Lipinski definition) is 4. The SMILES string of the molecule is Cc1ccccc1N1C(=O)SC(Nc2ccc(/C=C/c3ccccc3)cc2)C1=O. The Labute approximate surface area is 174 Å². The lowest BCUT2D eigenvalue weighted by Gasteiger charge is -2.16. The Balaban J connectivity index is 1.44. The second-order valence-electron chi connectivity index (χ2n) is 6.73. The maximum Gasteiger partial charge on any atom is 0.295 e. The van der Waals surface area contributed by atoms with Crippen LogP contribution in [0, 0.1) is 6.92 Å². The van der Waals surface area contributed by atoms with Crippen molar-refractivity contribution < 1.29 is 9.59 Å². The molecule has 4 rings (SSSR count). The molecule has 1 unspecified atom stereocenters. The lowest BCUT2D eigenvalue weighted by molar-refractivity contribution is -0.116. The summed E-state index contributed by atoms with van der Waals surface area (Å²) in [5.74, 6) is -0.248. The highest BCUT2D eigenvalue weighted by Crippen LogP contribution is 2.34. The first-order valence-corrected chi connectivity index (χ1v) is 10.2. The van der Waals surface area contributed by atoms with Crippen molar-refractivity contribution in [1.29, 1.82) is 0 Å². The monoisotopic (exact) mass is 400 g/mol. The molecule has 0 aliphatic carbocycles. The molecule has 29 heavy (non-hydrogen) atoms. The molecule has 2 amide bonds. The average Bonchev–Trinajstić information content (AvgIpc) is 3.02. The van der Waals surface area contributed by atoms with E-state index < -0.39 is 5.37 Å². The van der Waals surface area contributed by atoms with Crippen LogP contribution in [0.2, 0.25) is 0 Å². The molecule has 5 heteroatoms. The number of imide groups is 1. The molecule has 1 fully saturated rings. The van der Waals surface area contributed by atoms with Gasteiger partial charge in [0.1, 0.15) is 0 Å². The number of nitrogens with zero attached hydrogens (tertiary/aromatic N) is 1. The topological polar surface area (TPSA) is 49.4 Å². The quantitative estimate of drug-likeness (QED) is 0.550. The van der Waals surface area contributed by atoms with Gasteiger partial charge in [0.25, 0.3) is 11.1 Å². The van der Waals surface area contributed by atoms with Gasteiger partial charge >= 0.3 is 0 Å². The third-order valence-electron chi connectivity index (χ3n) is 4.68. The molecule has 0 radical (unpaired) electrons. The van der Waals surface area contributed by atoms with Gasteiger partial charge in [0.15, 0.2) is 5.37 Å². The highest BCUT2D eigenvalue weighted by molar-refractivity contribution is 8.16. The smallest absolute Gasteiger partial charge is 0.295 e. The van der Waals surface area contributed by atoms with E-state index in [9.17, 15) is 9.59 Å². The summed E-state index contributed by atoms with van der Waals surface area (Å²) in [6, 6.07) is 25.3. The van der Waals surface area contributed by atoms with E-state index in [2.05, 4.69) is 11.4 Å². The molecule has 1 aliphatic heterocycles. The molecular formula is C24H20N2O2S. The van der Waals surface area contributed by atoms with Crippen LogP contribution in [0.5, 0.6) is 0 Å². The van der Waals surface area contributed by atoms with Gasteiger partial charge in [0.05, 0.1) is 5.69 Å². The van der Waals surface area contributed by atoms with Crippen LogP contribution in [-0.4, -0.2) is 16.5 Å². The molecule has 1 heterocycles. The second-order valence-corrected chi connectivity index (χ2v) is 7.79. The summed E-state index contributed by atoms with van der Waals surface area (Å²) in [4.78, 5) is 26.5. The summed E-state index contributed by atoms with van der Waals surface area (Å²) < 4.78 is 0. The van der Waals surface area contributed by atoms with E-state index >= 15 is 0 Å². The maximum absolute atomic E-state index is 12.8. The number of nitrogens with one attached hydrogen (secondary N) is 1. The molecule has 1 N–H and O–H groups in total. The van der Waals surface area contributed by atoms with Gasteiger partial charge in [-0.25, -0.2) is 4.90 Å². The van der Waals surface area contributed by atoms with Crippen molar-refractivity contribution >= 4 is 46.4 Å². The van der Waals surface area contributed by atoms with E-state index in [-0.39, 0.29) is 11.1 Å². The molecule has 0 saturated carbocycles. The maximum atomic E-state index is 12.8. The van der Waals surface area contributed by atoms with E-state index in [4.69, 9.17) is 0 Å². The summed E-state index contributed by atoms with van der Waals surface area (Å²) in [6.45, 7) is 1.89. The van der Waals surface area contributed by atoms with E-state index in [1.54, 1.807) is 6.07 Å². The Kier molecular flexibility index (Phi) is 5.49. The first-order valence-electron chi connectivity index (χ1n) is 9.32. The number of para-hydroxylation sites is 1. The van der Waals surface area contributed by atoms with Crippen molar-refractivity contribution in [2.24, 2.45) is 0 Å². The Morgan fingerprint density at radius 3 is 2.14 bits per heavy atom. The Morgan fingerprint density at radius 1 is 0.828 bits per heavy atom. The number of carbonyl (C=O) groups excluding carboxylic acids is 2. The first kappa shape index (κ1) is 19.0. The molecule has 1 aliphatic rings. The number of thioether (sulfide) groups is 1. The second kappa shape index (κ2) is 8.37. The highest BCUT2D eigenvalue weighted by atomic mass is 32.2. The molecule has 1 atom stereocenters. The van der Waals surface area contributed by atoms with Crippen molar-refractivity contribution in [3.05, 3.63) is 95.6 Å². The minimum Gasteiger partial charge on any atom is -0.365 e. The van der Waals surface area contributed by atoms with Gasteiger partial charge in [-0.2, -0.15) is 0 Å². The Bertz CT molecular complexity index is 1060. The summed E-state index contributed by atoms with van der Waals surface area (Å²) in [5, 5.41) is 2.28. The van der Waals surface area contributed by atoms with Crippen LogP contribution >= 0.6 is 11.8 Å². The van der Waals surface area contributed by atoms with Crippen molar-refractivity contribution in [2.75, 3.05) is 10.2 Å². The number of amides is 2. The van der Waals surface area contributed by atoms with Crippen molar-refractivity contribution in [2.45, 2.75) is 12.3 Å². The van der Waals surface area contributed by atoms with Gasteiger partial charge in [0, 0.05) is 5.69 Å². The minimum atomic E-state index is -0.632. The largest absolute Gasteiger partial charge is 0.365 e. The van der Waals surface area contributed by atoms with Crippen LogP contribution in [-0.2, 0) is 4.79 Å². The van der Waals surface area contributed by atoms with E-state index in [1.807, 2.05) is 85.8 Å². The molecule has 0 spiro atoms. The summed E-state index contributed by atoms with van der Waals surface area (Å²) in [5.41, 5.74) is 4.53. The van der Waals surface area contributed by atoms with Gasteiger partial charge in [-0.05, 0) is 53.6 Å². The van der Waals surface area contributed by atoms with E-state index in [0.29, 0.717) is 5.69 Å². The van der Waals surface area contributed by atoms with Crippen LogP contribution in [0.4, 0.5) is 16.2 Å². The Morgan fingerprint density at radius 2 is 1.45 bits per heavy atom. The van der Waals surface area contributed by atoms with E-state index in [0.717, 1.165) is 34.1 Å². The van der Waals surface area contributed by atoms with Crippen LogP contribution in [0.1, 0.15) is 16.7 Å². The standard InChI is InChI=1S/C24H20N2O2S/c1-17-7-5-6-10-21(17)26-23(27)22(29-24(26)28)25-20-15-13-19(14-16-20)12-11-18-8-3-2-4-9-18/h2-16,22,25H,1H3/b12-11+. The number of benzene rings is 3. The van der Waals surface area contributed by atoms with Crippen molar-refractivity contribution in [3.63, 3.8) is 0 Å². The zero-order valence-electron chi connectivity index (χ0n) is 15.9. The van der Waals surface area contributed by atoms with Gasteiger partial charge in [0.2, 0.25) is 0 Å². The van der Waals surface area contributed by atoms with Crippen LogP contribution in [0.15, 0.2) is 78.9 Å². The summed E-state index contributed by atoms with van der Waals surface area (Å²) in [7, 11) is 0. The molecule has 144 valence electrons. The minimum absolute atomic E-state index is 0.248. The first-order chi connectivity index (χ1) is 14.1. The van der Waals surface area contributed by atoms with Gasteiger partial charge in [-0.15, -0.1) is 0 Å². The summed E-state index contributed by atoms with van der Waals surface area (Å²) >= 11 is 1.00. The number of carbonyl (C=O) groups is 2. The Hall–Kier alpha value is -3.31. The van der Waals surface area contributed by atoms with Crippen molar-refractivity contribution in [3.8, 4) is 0 Å². The predicted molar refractivity (Wildman–Crippen MR) is 121 cm³/mol. The normalized spacial score (nSPS) is 16.6. The molecule has 4 nitrogen and oxygen atoms in total. The third-order valence-corrected chi connectivity index (χ3v) is 5.62. The van der Waals surface area contributed by atoms with Gasteiger partial charge in [-0.3, -0.25) is 9.59 Å². The fourth-order valence-electron chi connectivity index (χ4n) is 3.13. The van der Waals surface area contributed by atoms with Gasteiger partial charge in [-0.1, -0.05) is 72.8 Å². The lowest BCUT2D eigenvalue weighted by atomic mass is 10.1. The van der Waals surface area contributed by atoms with Crippen LogP contribution in [0.25, 0.3) is 12.2 Å². The molecule has 3 aromatic carbocycles. The van der Waals surface area contributed by atoms with Crippen LogP contribution < -0.4 is 10.2 Å². The average molecular weight is 401 g/mol. The lowest BCUT2D eigenvalue weighted by Crippen LogP contribution is -2.34. The number of anilines is 2. The van der Waals surface area contributed by atoms with Crippen molar-refractivity contribution in [1.82, 2.24) is 0 Å². The zero-order valence-corrected chi connectivity index (χ0v) is 16.7. The molecular weight excluding hydrogens is 380 g/mol. The molecule has 0 aromatic heterocycles. The molecule has 0 bridgehead atoms. The number of hydrogen-bond donors (Lipinski definition) is 1. The van der Waals surface area contributed by atoms with Gasteiger partial charge < -0.3 is 5.32 Å². The third kappa shape index (κ3) is 4.25. The molecule has 3 aromatic rings. The fraction of sp³-hybridized carbons (Fsp3) is 0.0833. The number of aryl methyl sites for hydroxylation is 1. The highest BCUT2D eigenvalue weighted by Gasteiger charge is 2.41. The number of rotatable bonds is 5. The van der Waals surface area contributed by atoms with Crippen LogP contribution in [0.3, 0.4) is 0 Å². The van der Waals surface area contributed by atoms with E-state index in [1.165, 1.54) is 4.90 Å². The predicted octanol–water partition coefficient (Wildman–Crippen LogP) is 5.80. The molecule has 1 saturated heterocycles. The fourth-order valence-corrected chi connectivity index (χ4v) is 4.03.